The molecule has 0 N–H and O–H groups in total. The Morgan fingerprint density at radius 2 is 1.50 bits per heavy atom. The summed E-state index contributed by atoms with van der Waals surface area (Å²) in [6, 6.07) is 0. The van der Waals surface area contributed by atoms with Crippen LogP contribution in [0, 0.1) is 5.92 Å². The Kier molecular flexibility index (Phi) is 13.2. The fraction of sp³-hybridized carbons (Fsp3) is 0.750. The molecule has 0 unspecified atom stereocenters. The topological polar surface area (TPSA) is 0 Å². The van der Waals surface area contributed by atoms with E-state index in [1.807, 2.05) is 20.8 Å². The van der Waals surface area contributed by atoms with Crippen molar-refractivity contribution in [3.8, 4) is 0 Å². The first-order valence-corrected chi connectivity index (χ1v) is 3.40. The Morgan fingerprint density at radius 3 is 1.50 bits per heavy atom. The summed E-state index contributed by atoms with van der Waals surface area (Å²) in [5.74, 6) is 0.718. The van der Waals surface area contributed by atoms with Crippen LogP contribution < -0.4 is 0 Å². The molecule has 50 valence electrons. The van der Waals surface area contributed by atoms with Gasteiger partial charge in [-0.3, -0.25) is 0 Å². The zero-order valence-electron chi connectivity index (χ0n) is 6.73. The lowest BCUT2D eigenvalue weighted by Gasteiger charge is -1.86. The fourth-order valence-electron chi connectivity index (χ4n) is 0.385. The molecule has 0 aromatic rings. The summed E-state index contributed by atoms with van der Waals surface area (Å²) < 4.78 is 0. The predicted octanol–water partition coefficient (Wildman–Crippen LogP) is 3.24. The molecule has 0 fully saturated rings. The number of hydrogen-bond donors (Lipinski definition) is 0. The highest BCUT2D eigenvalue weighted by atomic mass is 13.8. The lowest BCUT2D eigenvalue weighted by atomic mass is 10.2. The smallest absolute Gasteiger partial charge is 0.0291 e. The van der Waals surface area contributed by atoms with Gasteiger partial charge >= 0.3 is 0 Å². The normalized spacial score (nSPS) is 9.25. The van der Waals surface area contributed by atoms with E-state index in [-0.39, 0.29) is 0 Å². The molecular formula is C8H18. The van der Waals surface area contributed by atoms with Gasteiger partial charge in [0, 0.05) is 0 Å². The second-order valence-electron chi connectivity index (χ2n) is 1.77. The maximum atomic E-state index is 2.17. The first kappa shape index (κ1) is 10.7. The van der Waals surface area contributed by atoms with Gasteiger partial charge in [-0.1, -0.05) is 39.8 Å². The highest BCUT2D eigenvalue weighted by molar-refractivity contribution is 4.79. The molecule has 0 amide bonds. The summed E-state index contributed by atoms with van der Waals surface area (Å²) in [6.07, 6.45) is 4.24. The van der Waals surface area contributed by atoms with Crippen LogP contribution in [0.3, 0.4) is 0 Å². The molecule has 0 heterocycles. The average molecular weight is 114 g/mol. The summed E-state index contributed by atoms with van der Waals surface area (Å²) in [5.41, 5.74) is 0. The average Bonchev–Trinajstić information content (AvgIpc) is 1.72. The van der Waals surface area contributed by atoms with Crippen molar-refractivity contribution in [3.63, 3.8) is 0 Å². The maximum Gasteiger partial charge on any atom is -0.0291 e. The molecule has 0 aromatic carbocycles. The van der Waals surface area contributed by atoms with Crippen molar-refractivity contribution in [2.45, 2.75) is 34.6 Å². The second kappa shape index (κ2) is 9.88. The molecule has 0 heteroatoms. The van der Waals surface area contributed by atoms with Crippen LogP contribution in [0.15, 0.2) is 12.2 Å². The molecule has 0 aliphatic heterocycles. The molecule has 8 heavy (non-hydrogen) atoms. The van der Waals surface area contributed by atoms with Crippen molar-refractivity contribution in [2.24, 2.45) is 5.92 Å². The van der Waals surface area contributed by atoms with E-state index >= 15 is 0 Å². The van der Waals surface area contributed by atoms with Gasteiger partial charge in [0.05, 0.1) is 0 Å². The van der Waals surface area contributed by atoms with Gasteiger partial charge in [-0.25, -0.2) is 0 Å². The summed E-state index contributed by atoms with van der Waals surface area (Å²) in [4.78, 5) is 0. The first-order chi connectivity index (χ1) is 3.77. The molecule has 0 aromatic heterocycles. The predicted molar refractivity (Wildman–Crippen MR) is 41.0 cm³/mol. The van der Waals surface area contributed by atoms with E-state index in [0.29, 0.717) is 0 Å². The van der Waals surface area contributed by atoms with Crippen LogP contribution in [-0.2, 0) is 0 Å². The monoisotopic (exact) mass is 114 g/mol. The number of allylic oxidation sites excluding steroid dienone is 2. The summed E-state index contributed by atoms with van der Waals surface area (Å²) in [6.45, 7) is 10.4. The van der Waals surface area contributed by atoms with E-state index in [0.717, 1.165) is 5.92 Å². The van der Waals surface area contributed by atoms with Crippen LogP contribution >= 0.6 is 0 Å². The lowest BCUT2D eigenvalue weighted by Crippen LogP contribution is -1.73. The lowest BCUT2D eigenvalue weighted by molar-refractivity contribution is 0.830. The van der Waals surface area contributed by atoms with Crippen molar-refractivity contribution in [1.82, 2.24) is 0 Å². The largest absolute Gasteiger partial charge is 0.0914 e. The highest BCUT2D eigenvalue weighted by Gasteiger charge is 1.76. The van der Waals surface area contributed by atoms with Gasteiger partial charge in [0.2, 0.25) is 0 Å². The molecule has 0 saturated heterocycles. The molecule has 0 bridgehead atoms. The van der Waals surface area contributed by atoms with Gasteiger partial charge in [0.25, 0.3) is 0 Å². The van der Waals surface area contributed by atoms with Gasteiger partial charge in [0.15, 0.2) is 0 Å². The van der Waals surface area contributed by atoms with Crippen LogP contribution in [0.4, 0.5) is 0 Å². The molecular weight excluding hydrogens is 96.1 g/mol. The zero-order valence-corrected chi connectivity index (χ0v) is 6.73. The molecule has 0 spiro atoms. The SMILES string of the molecule is C/C=C\C(C)C.CC. The van der Waals surface area contributed by atoms with E-state index in [2.05, 4.69) is 26.0 Å². The van der Waals surface area contributed by atoms with Gasteiger partial charge in [0.1, 0.15) is 0 Å². The fourth-order valence-corrected chi connectivity index (χ4v) is 0.385. The van der Waals surface area contributed by atoms with Crippen molar-refractivity contribution < 1.29 is 0 Å². The van der Waals surface area contributed by atoms with Gasteiger partial charge in [-0.15, -0.1) is 0 Å². The van der Waals surface area contributed by atoms with Gasteiger partial charge in [-0.05, 0) is 12.8 Å². The molecule has 0 saturated carbocycles. The summed E-state index contributed by atoms with van der Waals surface area (Å²) in [5, 5.41) is 0. The molecule has 0 nitrogen and oxygen atoms in total. The molecule has 0 rings (SSSR count). The van der Waals surface area contributed by atoms with Crippen LogP contribution in [0.25, 0.3) is 0 Å². The zero-order chi connectivity index (χ0) is 6.99. The van der Waals surface area contributed by atoms with Crippen LogP contribution in [0.2, 0.25) is 0 Å². The quantitative estimate of drug-likeness (QED) is 0.459. The van der Waals surface area contributed by atoms with E-state index in [4.69, 9.17) is 0 Å². The summed E-state index contributed by atoms with van der Waals surface area (Å²) in [7, 11) is 0. The second-order valence-corrected chi connectivity index (χ2v) is 1.77. The Hall–Kier alpha value is -0.260. The minimum absolute atomic E-state index is 0.718. The summed E-state index contributed by atoms with van der Waals surface area (Å²) >= 11 is 0. The minimum atomic E-state index is 0.718. The van der Waals surface area contributed by atoms with Crippen molar-refractivity contribution in [2.75, 3.05) is 0 Å². The molecule has 0 radical (unpaired) electrons. The van der Waals surface area contributed by atoms with Crippen molar-refractivity contribution in [1.29, 1.82) is 0 Å². The van der Waals surface area contributed by atoms with Crippen molar-refractivity contribution >= 4 is 0 Å². The Balaban J connectivity index is 0. The maximum absolute atomic E-state index is 2.17. The van der Waals surface area contributed by atoms with Gasteiger partial charge in [-0.2, -0.15) is 0 Å². The van der Waals surface area contributed by atoms with E-state index in [1.54, 1.807) is 0 Å². The highest BCUT2D eigenvalue weighted by Crippen LogP contribution is 1.90. The molecule has 0 atom stereocenters. The van der Waals surface area contributed by atoms with Crippen LogP contribution in [0.5, 0.6) is 0 Å². The Morgan fingerprint density at radius 1 is 1.12 bits per heavy atom. The Labute approximate surface area is 53.6 Å². The standard InChI is InChI=1S/C6H12.C2H6/c1-4-5-6(2)3;1-2/h4-6H,1-3H3;1-2H3/b5-4-;. The van der Waals surface area contributed by atoms with E-state index in [1.165, 1.54) is 0 Å². The molecule has 0 aliphatic carbocycles. The third-order valence-electron chi connectivity index (χ3n) is 0.577. The van der Waals surface area contributed by atoms with Crippen molar-refractivity contribution in [3.05, 3.63) is 12.2 Å². The van der Waals surface area contributed by atoms with E-state index in [9.17, 15) is 0 Å². The van der Waals surface area contributed by atoms with E-state index < -0.39 is 0 Å². The third kappa shape index (κ3) is 17.2. The minimum Gasteiger partial charge on any atom is -0.0914 e. The Bertz CT molecular complexity index is 42.0. The number of rotatable bonds is 1. The van der Waals surface area contributed by atoms with Crippen LogP contribution in [0.1, 0.15) is 34.6 Å². The number of hydrogen-bond acceptors (Lipinski definition) is 0. The first-order valence-electron chi connectivity index (χ1n) is 3.40. The van der Waals surface area contributed by atoms with Crippen LogP contribution in [-0.4, -0.2) is 0 Å². The third-order valence-corrected chi connectivity index (χ3v) is 0.577. The molecule has 0 aliphatic rings. The van der Waals surface area contributed by atoms with Gasteiger partial charge < -0.3 is 0 Å².